The molecule has 0 saturated carbocycles. The van der Waals surface area contributed by atoms with Gasteiger partial charge in [-0.05, 0) is 24.3 Å². The number of carbonyl (C=O) groups excluding carboxylic acids is 2. The maximum absolute atomic E-state index is 12.6. The van der Waals surface area contributed by atoms with Crippen LogP contribution in [0.25, 0.3) is 11.0 Å². The Morgan fingerprint density at radius 1 is 0.933 bits per heavy atom. The first kappa shape index (κ1) is 22.4. The number of hydrogen-bond acceptors (Lipinski definition) is 7. The molecule has 3 N–H and O–H groups in total. The monoisotopic (exact) mass is 414 g/mol. The molecule has 0 bridgehead atoms. The van der Waals surface area contributed by atoms with Gasteiger partial charge in [0.1, 0.15) is 11.1 Å². The summed E-state index contributed by atoms with van der Waals surface area (Å²) in [4.78, 5) is 36.6. The number of anilines is 1. The summed E-state index contributed by atoms with van der Waals surface area (Å²) >= 11 is 0. The van der Waals surface area contributed by atoms with Crippen molar-refractivity contribution in [3.8, 4) is 11.5 Å². The van der Waals surface area contributed by atoms with E-state index in [1.165, 1.54) is 44.0 Å². The van der Waals surface area contributed by atoms with Crippen molar-refractivity contribution >= 4 is 28.5 Å². The molecule has 0 saturated heterocycles. The molecule has 1 heterocycles. The van der Waals surface area contributed by atoms with Crippen LogP contribution in [0.1, 0.15) is 34.6 Å². The number of hydroxylamine groups is 1. The SMILES string of the molecule is CC.COc1cc2cc(C(=O)Nc3ccccc3C(=O)NO)c(=O)oc2cc1OC. The summed E-state index contributed by atoms with van der Waals surface area (Å²) in [6, 6.07) is 10.4. The van der Waals surface area contributed by atoms with Crippen molar-refractivity contribution in [2.45, 2.75) is 13.8 Å². The van der Waals surface area contributed by atoms with Crippen LogP contribution < -0.4 is 25.9 Å². The van der Waals surface area contributed by atoms with E-state index in [0.717, 1.165) is 0 Å². The topological polar surface area (TPSA) is 127 Å². The number of amides is 2. The van der Waals surface area contributed by atoms with Crippen LogP contribution in [0, 0.1) is 0 Å². The Labute approximate surface area is 172 Å². The lowest BCUT2D eigenvalue weighted by Crippen LogP contribution is -2.24. The zero-order valence-electron chi connectivity index (χ0n) is 16.9. The van der Waals surface area contributed by atoms with Gasteiger partial charge in [0.25, 0.3) is 11.8 Å². The van der Waals surface area contributed by atoms with Crippen LogP contribution in [0.2, 0.25) is 0 Å². The maximum atomic E-state index is 12.6. The number of rotatable bonds is 5. The lowest BCUT2D eigenvalue weighted by Gasteiger charge is -2.11. The molecule has 0 spiro atoms. The lowest BCUT2D eigenvalue weighted by atomic mass is 10.1. The van der Waals surface area contributed by atoms with E-state index in [-0.39, 0.29) is 22.4 Å². The summed E-state index contributed by atoms with van der Waals surface area (Å²) in [5.41, 5.74) is 0.734. The van der Waals surface area contributed by atoms with E-state index < -0.39 is 17.4 Å². The fraction of sp³-hybridized carbons (Fsp3) is 0.190. The first-order valence-corrected chi connectivity index (χ1v) is 9.03. The van der Waals surface area contributed by atoms with Crippen LogP contribution in [-0.2, 0) is 0 Å². The Balaban J connectivity index is 0.00000155. The second kappa shape index (κ2) is 10.1. The molecule has 3 rings (SSSR count). The summed E-state index contributed by atoms with van der Waals surface area (Å²) in [7, 11) is 2.91. The molecule has 0 unspecified atom stereocenters. The van der Waals surface area contributed by atoms with Crippen LogP contribution in [0.5, 0.6) is 11.5 Å². The zero-order chi connectivity index (χ0) is 22.3. The van der Waals surface area contributed by atoms with E-state index in [2.05, 4.69) is 5.32 Å². The number of nitrogens with one attached hydrogen (secondary N) is 2. The van der Waals surface area contributed by atoms with E-state index in [4.69, 9.17) is 19.1 Å². The zero-order valence-corrected chi connectivity index (χ0v) is 16.9. The molecular formula is C21H22N2O7. The Hall–Kier alpha value is -3.85. The summed E-state index contributed by atoms with van der Waals surface area (Å²) < 4.78 is 15.6. The second-order valence-electron chi connectivity index (χ2n) is 5.63. The van der Waals surface area contributed by atoms with Gasteiger partial charge in [-0.25, -0.2) is 10.3 Å². The molecule has 3 aromatic rings. The molecule has 9 nitrogen and oxygen atoms in total. The van der Waals surface area contributed by atoms with E-state index in [1.54, 1.807) is 18.2 Å². The fourth-order valence-corrected chi connectivity index (χ4v) is 2.64. The third-order valence-electron chi connectivity index (χ3n) is 4.00. The molecule has 30 heavy (non-hydrogen) atoms. The number of hydrogen-bond donors (Lipinski definition) is 3. The van der Waals surface area contributed by atoms with Gasteiger partial charge in [-0.1, -0.05) is 26.0 Å². The van der Waals surface area contributed by atoms with E-state index in [1.807, 2.05) is 13.8 Å². The van der Waals surface area contributed by atoms with E-state index >= 15 is 0 Å². The molecule has 0 atom stereocenters. The van der Waals surface area contributed by atoms with Gasteiger partial charge in [-0.2, -0.15) is 0 Å². The Kier molecular flexibility index (Phi) is 7.54. The number of benzene rings is 2. The van der Waals surface area contributed by atoms with Crippen LogP contribution in [0.4, 0.5) is 5.69 Å². The largest absolute Gasteiger partial charge is 0.493 e. The normalized spacial score (nSPS) is 9.90. The molecule has 0 aliphatic heterocycles. The first-order valence-electron chi connectivity index (χ1n) is 9.03. The molecule has 2 amide bonds. The van der Waals surface area contributed by atoms with Crippen LogP contribution in [0.3, 0.4) is 0 Å². The first-order chi connectivity index (χ1) is 14.5. The number of ether oxygens (including phenoxy) is 2. The van der Waals surface area contributed by atoms with Gasteiger partial charge in [0.05, 0.1) is 25.5 Å². The number of carbonyl (C=O) groups is 2. The highest BCUT2D eigenvalue weighted by molar-refractivity contribution is 6.09. The number of fused-ring (bicyclic) bond motifs is 1. The van der Waals surface area contributed by atoms with Gasteiger partial charge in [-0.3, -0.25) is 14.8 Å². The number of para-hydroxylation sites is 1. The minimum absolute atomic E-state index is 0.0231. The van der Waals surface area contributed by atoms with Crippen molar-refractivity contribution in [3.63, 3.8) is 0 Å². The molecule has 2 aromatic carbocycles. The van der Waals surface area contributed by atoms with Crippen molar-refractivity contribution in [3.05, 3.63) is 64.0 Å². The van der Waals surface area contributed by atoms with Gasteiger partial charge in [0.15, 0.2) is 11.5 Å². The van der Waals surface area contributed by atoms with Crippen molar-refractivity contribution in [1.29, 1.82) is 0 Å². The molecule has 9 heteroatoms. The predicted octanol–water partition coefficient (Wildman–Crippen LogP) is 3.21. The van der Waals surface area contributed by atoms with Crippen LogP contribution in [-0.4, -0.2) is 31.2 Å². The second-order valence-corrected chi connectivity index (χ2v) is 5.63. The Morgan fingerprint density at radius 3 is 2.20 bits per heavy atom. The lowest BCUT2D eigenvalue weighted by molar-refractivity contribution is 0.0707. The quantitative estimate of drug-likeness (QED) is 0.332. The smallest absolute Gasteiger partial charge is 0.349 e. The minimum atomic E-state index is -0.860. The van der Waals surface area contributed by atoms with Crippen LogP contribution >= 0.6 is 0 Å². The van der Waals surface area contributed by atoms with Crippen molar-refractivity contribution < 1.29 is 28.7 Å². The fourth-order valence-electron chi connectivity index (χ4n) is 2.64. The third kappa shape index (κ3) is 4.58. The van der Waals surface area contributed by atoms with Gasteiger partial charge in [-0.15, -0.1) is 0 Å². The molecule has 158 valence electrons. The third-order valence-corrected chi connectivity index (χ3v) is 4.00. The van der Waals surface area contributed by atoms with Gasteiger partial charge in [0.2, 0.25) is 0 Å². The van der Waals surface area contributed by atoms with E-state index in [0.29, 0.717) is 16.9 Å². The van der Waals surface area contributed by atoms with Gasteiger partial charge < -0.3 is 19.2 Å². The average Bonchev–Trinajstić information content (AvgIpc) is 2.78. The highest BCUT2D eigenvalue weighted by Gasteiger charge is 2.18. The summed E-state index contributed by atoms with van der Waals surface area (Å²) in [6.45, 7) is 4.00. The predicted molar refractivity (Wildman–Crippen MR) is 111 cm³/mol. The van der Waals surface area contributed by atoms with Gasteiger partial charge in [0, 0.05) is 11.5 Å². The molecule has 0 aliphatic rings. The molecular weight excluding hydrogens is 392 g/mol. The maximum Gasteiger partial charge on any atom is 0.349 e. The summed E-state index contributed by atoms with van der Waals surface area (Å²) in [5.74, 6) is -0.804. The summed E-state index contributed by atoms with van der Waals surface area (Å²) in [5, 5.41) is 11.7. The standard InChI is InChI=1S/C19H16N2O7.C2H6/c1-26-15-8-10-7-12(19(24)28-14(10)9-16(15)27-2)17(22)20-13-6-4-3-5-11(13)18(23)21-25;1-2/h3-9,25H,1-2H3,(H,20,22)(H,21,23);1-2H3. The minimum Gasteiger partial charge on any atom is -0.493 e. The summed E-state index contributed by atoms with van der Waals surface area (Å²) in [6.07, 6.45) is 0. The molecule has 0 radical (unpaired) electrons. The number of methoxy groups -OCH3 is 2. The Morgan fingerprint density at radius 2 is 1.57 bits per heavy atom. The molecule has 1 aromatic heterocycles. The van der Waals surface area contributed by atoms with E-state index in [9.17, 15) is 14.4 Å². The van der Waals surface area contributed by atoms with Crippen molar-refractivity contribution in [2.24, 2.45) is 0 Å². The average molecular weight is 414 g/mol. The highest BCUT2D eigenvalue weighted by atomic mass is 16.5. The van der Waals surface area contributed by atoms with Crippen LogP contribution in [0.15, 0.2) is 51.7 Å². The molecule has 0 fully saturated rings. The van der Waals surface area contributed by atoms with Crippen molar-refractivity contribution in [1.82, 2.24) is 5.48 Å². The highest BCUT2D eigenvalue weighted by Crippen LogP contribution is 2.31. The molecule has 0 aliphatic carbocycles. The Bertz CT molecular complexity index is 1120. The van der Waals surface area contributed by atoms with Gasteiger partial charge >= 0.3 is 5.63 Å². The van der Waals surface area contributed by atoms with Crippen molar-refractivity contribution in [2.75, 3.05) is 19.5 Å².